The molecule has 0 amide bonds. The summed E-state index contributed by atoms with van der Waals surface area (Å²) in [5, 5.41) is 6.22. The van der Waals surface area contributed by atoms with Crippen LogP contribution in [0.1, 0.15) is 31.7 Å². The van der Waals surface area contributed by atoms with Gasteiger partial charge in [0, 0.05) is 45.0 Å². The second kappa shape index (κ2) is 10.1. The summed E-state index contributed by atoms with van der Waals surface area (Å²) in [6.45, 7) is 2.67. The number of sulfonamides is 1. The van der Waals surface area contributed by atoms with Gasteiger partial charge in [-0.3, -0.25) is 4.99 Å². The van der Waals surface area contributed by atoms with Crippen molar-refractivity contribution >= 4 is 16.0 Å². The molecule has 1 saturated heterocycles. The molecule has 0 atom stereocenters. The second-order valence-electron chi connectivity index (χ2n) is 6.55. The van der Waals surface area contributed by atoms with Crippen LogP contribution in [0.2, 0.25) is 0 Å². The van der Waals surface area contributed by atoms with Gasteiger partial charge in [-0.25, -0.2) is 13.4 Å². The van der Waals surface area contributed by atoms with Gasteiger partial charge >= 0.3 is 15.5 Å². The largest absolute Gasteiger partial charge is 0.511 e. The molecule has 0 radical (unpaired) electrons. The first-order chi connectivity index (χ1) is 13.7. The van der Waals surface area contributed by atoms with Crippen LogP contribution >= 0.6 is 0 Å². The van der Waals surface area contributed by atoms with Crippen molar-refractivity contribution in [3.8, 4) is 5.88 Å². The van der Waals surface area contributed by atoms with Gasteiger partial charge in [0.05, 0.1) is 6.61 Å². The van der Waals surface area contributed by atoms with Crippen LogP contribution in [0.3, 0.4) is 0 Å². The number of alkyl halides is 3. The van der Waals surface area contributed by atoms with Crippen LogP contribution in [0.4, 0.5) is 13.2 Å². The van der Waals surface area contributed by atoms with Crippen LogP contribution in [-0.2, 0) is 16.6 Å². The summed E-state index contributed by atoms with van der Waals surface area (Å²) < 4.78 is 66.8. The van der Waals surface area contributed by atoms with Crippen molar-refractivity contribution in [2.45, 2.75) is 44.3 Å². The Labute approximate surface area is 168 Å². The molecule has 2 N–H and O–H groups in total. The number of nitrogens with one attached hydrogen (secondary N) is 2. The van der Waals surface area contributed by atoms with Crippen molar-refractivity contribution in [3.05, 3.63) is 23.9 Å². The molecule has 1 fully saturated rings. The van der Waals surface area contributed by atoms with Gasteiger partial charge in [-0.2, -0.15) is 17.5 Å². The van der Waals surface area contributed by atoms with Crippen LogP contribution < -0.4 is 15.4 Å². The van der Waals surface area contributed by atoms with Crippen LogP contribution in [-0.4, -0.2) is 62.0 Å². The van der Waals surface area contributed by atoms with Gasteiger partial charge in [-0.1, -0.05) is 13.0 Å². The number of aromatic nitrogens is 1. The summed E-state index contributed by atoms with van der Waals surface area (Å²) in [5.41, 5.74) is -4.36. The highest BCUT2D eigenvalue weighted by Gasteiger charge is 2.50. The van der Waals surface area contributed by atoms with E-state index in [9.17, 15) is 21.6 Å². The van der Waals surface area contributed by atoms with Gasteiger partial charge < -0.3 is 15.4 Å². The summed E-state index contributed by atoms with van der Waals surface area (Å²) >= 11 is 0. The third kappa shape index (κ3) is 6.46. The third-order valence-corrected chi connectivity index (χ3v) is 5.99. The van der Waals surface area contributed by atoms with Crippen LogP contribution in [0.5, 0.6) is 5.88 Å². The number of hydrogen-bond acceptors (Lipinski definition) is 5. The number of guanidine groups is 1. The zero-order valence-corrected chi connectivity index (χ0v) is 17.2. The molecule has 0 aromatic carbocycles. The maximum absolute atomic E-state index is 12.6. The number of pyridine rings is 1. The molecule has 2 rings (SSSR count). The average molecular weight is 437 g/mol. The van der Waals surface area contributed by atoms with E-state index in [1.807, 2.05) is 13.0 Å². The summed E-state index contributed by atoms with van der Waals surface area (Å²) in [6, 6.07) is 3.47. The summed E-state index contributed by atoms with van der Waals surface area (Å²) in [7, 11) is -3.69. The van der Waals surface area contributed by atoms with E-state index in [4.69, 9.17) is 4.74 Å². The lowest BCUT2D eigenvalue weighted by Crippen LogP contribution is -2.51. The van der Waals surface area contributed by atoms with E-state index in [0.29, 0.717) is 29.3 Å². The van der Waals surface area contributed by atoms with E-state index < -0.39 is 15.5 Å². The van der Waals surface area contributed by atoms with Gasteiger partial charge in [-0.15, -0.1) is 0 Å². The normalized spacial score (nSPS) is 17.2. The number of piperidine rings is 1. The summed E-state index contributed by atoms with van der Waals surface area (Å²) in [5.74, 6) is 1.03. The molecule has 0 unspecified atom stereocenters. The van der Waals surface area contributed by atoms with Crippen molar-refractivity contribution in [1.82, 2.24) is 19.9 Å². The highest BCUT2D eigenvalue weighted by Crippen LogP contribution is 2.28. The van der Waals surface area contributed by atoms with Crippen LogP contribution in [0.15, 0.2) is 23.3 Å². The van der Waals surface area contributed by atoms with Crippen molar-refractivity contribution in [3.63, 3.8) is 0 Å². The highest BCUT2D eigenvalue weighted by atomic mass is 32.2. The first-order valence-electron chi connectivity index (χ1n) is 9.28. The minimum Gasteiger partial charge on any atom is -0.478 e. The number of ether oxygens (including phenoxy) is 1. The van der Waals surface area contributed by atoms with Gasteiger partial charge in [0.15, 0.2) is 5.96 Å². The van der Waals surface area contributed by atoms with E-state index in [2.05, 4.69) is 20.6 Å². The summed E-state index contributed by atoms with van der Waals surface area (Å²) in [6.07, 6.45) is 3.09. The Morgan fingerprint density at radius 3 is 2.55 bits per heavy atom. The molecular weight excluding hydrogens is 411 g/mol. The minimum atomic E-state index is -5.27. The number of nitrogens with zero attached hydrogens (tertiary/aromatic N) is 3. The maximum Gasteiger partial charge on any atom is 0.511 e. The van der Waals surface area contributed by atoms with E-state index in [-0.39, 0.29) is 32.0 Å². The Morgan fingerprint density at radius 1 is 1.34 bits per heavy atom. The zero-order chi connectivity index (χ0) is 21.5. The average Bonchev–Trinajstić information content (AvgIpc) is 2.69. The van der Waals surface area contributed by atoms with E-state index >= 15 is 0 Å². The first kappa shape index (κ1) is 23.2. The predicted molar refractivity (Wildman–Crippen MR) is 103 cm³/mol. The molecule has 1 aromatic heterocycles. The monoisotopic (exact) mass is 437 g/mol. The lowest BCUT2D eigenvalue weighted by Gasteiger charge is -2.32. The number of aliphatic imine (C=N–C) groups is 1. The molecular formula is C17H26F3N5O3S. The molecule has 164 valence electrons. The van der Waals surface area contributed by atoms with Gasteiger partial charge in [0.25, 0.3) is 0 Å². The third-order valence-electron chi connectivity index (χ3n) is 4.36. The van der Waals surface area contributed by atoms with Crippen molar-refractivity contribution in [1.29, 1.82) is 0 Å². The van der Waals surface area contributed by atoms with E-state index in [1.54, 1.807) is 19.3 Å². The Hall–Kier alpha value is -2.08. The Balaban J connectivity index is 1.81. The molecule has 2 heterocycles. The highest BCUT2D eigenvalue weighted by molar-refractivity contribution is 7.90. The minimum absolute atomic E-state index is 0.177. The standard InChI is InChI=1S/C17H26F3N5O3S/c1-3-10-28-15-5-4-13(11-22-15)12-23-16(21-2)24-14-6-8-25(9-7-14)29(26,27)17(18,19)20/h4-5,11,14H,3,6-10,12H2,1-2H3,(H2,21,23,24). The van der Waals surface area contributed by atoms with Crippen LogP contribution in [0.25, 0.3) is 0 Å². The molecule has 1 aromatic rings. The van der Waals surface area contributed by atoms with Crippen LogP contribution in [0, 0.1) is 0 Å². The lowest BCUT2D eigenvalue weighted by atomic mass is 10.1. The fourth-order valence-electron chi connectivity index (χ4n) is 2.77. The fraction of sp³-hybridized carbons (Fsp3) is 0.647. The second-order valence-corrected chi connectivity index (χ2v) is 8.48. The zero-order valence-electron chi connectivity index (χ0n) is 16.4. The predicted octanol–water partition coefficient (Wildman–Crippen LogP) is 1.85. The van der Waals surface area contributed by atoms with Crippen molar-refractivity contribution < 1.29 is 26.3 Å². The smallest absolute Gasteiger partial charge is 0.478 e. The molecule has 0 spiro atoms. The number of rotatable bonds is 7. The molecule has 0 aliphatic carbocycles. The SMILES string of the molecule is CCCOc1ccc(CNC(=NC)NC2CCN(S(=O)(=O)C(F)(F)F)CC2)cn1. The summed E-state index contributed by atoms with van der Waals surface area (Å²) in [4.78, 5) is 8.31. The molecule has 1 aliphatic heterocycles. The van der Waals surface area contributed by atoms with Gasteiger partial charge in [0.1, 0.15) is 0 Å². The van der Waals surface area contributed by atoms with E-state index in [1.165, 1.54) is 0 Å². The maximum atomic E-state index is 12.6. The molecule has 0 saturated carbocycles. The Morgan fingerprint density at radius 2 is 2.03 bits per heavy atom. The topological polar surface area (TPSA) is 95.9 Å². The van der Waals surface area contributed by atoms with Crippen molar-refractivity contribution in [2.75, 3.05) is 26.7 Å². The van der Waals surface area contributed by atoms with Gasteiger partial charge in [0.2, 0.25) is 5.88 Å². The van der Waals surface area contributed by atoms with Gasteiger partial charge in [-0.05, 0) is 24.8 Å². The molecule has 8 nitrogen and oxygen atoms in total. The molecule has 29 heavy (non-hydrogen) atoms. The lowest BCUT2D eigenvalue weighted by molar-refractivity contribution is -0.0494. The van der Waals surface area contributed by atoms with E-state index in [0.717, 1.165) is 12.0 Å². The molecule has 1 aliphatic rings. The van der Waals surface area contributed by atoms with Crippen molar-refractivity contribution in [2.24, 2.45) is 4.99 Å². The molecule has 12 heteroatoms. The molecule has 0 bridgehead atoms. The Bertz CT molecular complexity index is 776. The number of halogens is 3. The quantitative estimate of drug-likeness (QED) is 0.499. The Kier molecular flexibility index (Phi) is 8.08. The first-order valence-corrected chi connectivity index (χ1v) is 10.7. The fourth-order valence-corrected chi connectivity index (χ4v) is 3.75. The number of hydrogen-bond donors (Lipinski definition) is 2.